The second kappa shape index (κ2) is 35.2. The molecule has 5 N–H and O–H groups in total. The third-order valence-corrected chi connectivity index (χ3v) is 33.2. The summed E-state index contributed by atoms with van der Waals surface area (Å²) in [4.78, 5) is 23.3. The highest BCUT2D eigenvalue weighted by molar-refractivity contribution is 5.72. The number of carbonyl (C=O) groups is 2. The lowest BCUT2D eigenvalue weighted by molar-refractivity contribution is -0.322. The van der Waals surface area contributed by atoms with Gasteiger partial charge in [0.1, 0.15) is 0 Å². The maximum absolute atomic E-state index is 11.7. The topological polar surface area (TPSA) is 158 Å². The number of unbranched alkanes of at least 4 members (excludes halogenated alkanes) is 9. The zero-order chi connectivity index (χ0) is 74.2. The van der Waals surface area contributed by atoms with Gasteiger partial charge in [0.15, 0.2) is 0 Å². The molecule has 14 aliphatic rings. The van der Waals surface area contributed by atoms with Crippen molar-refractivity contribution in [1.82, 2.24) is 0 Å². The van der Waals surface area contributed by atoms with Crippen LogP contribution in [0.15, 0.2) is 59.8 Å². The molecule has 14 aliphatic carbocycles. The lowest BCUT2D eigenvalue weighted by atomic mass is 9.43. The molecule has 101 heavy (non-hydrogen) atoms. The van der Waals surface area contributed by atoms with Crippen LogP contribution in [0.2, 0.25) is 0 Å². The fourth-order valence-corrected chi connectivity index (χ4v) is 26.9. The molecule has 19 unspecified atom stereocenters. The molecule has 4 bridgehead atoms. The number of carboxylic acid groups (broad SMARTS) is 2. The number of hydrogen-bond acceptors (Lipinski definition) is 7. The fraction of sp³-hybridized carbons (Fsp3) is 0.871. The predicted molar refractivity (Wildman–Crippen MR) is 419 cm³/mol. The summed E-state index contributed by atoms with van der Waals surface area (Å²) in [5, 5.41) is 58.2. The highest BCUT2D eigenvalue weighted by Crippen LogP contribution is 2.72. The molecule has 8 heteroatoms. The Hall–Kier alpha value is -2.52. The van der Waals surface area contributed by atoms with Crippen LogP contribution in [-0.2, 0) is 9.59 Å². The minimum atomic E-state index is -0.826. The van der Waals surface area contributed by atoms with Gasteiger partial charge in [0.05, 0.1) is 12.0 Å². The predicted octanol–water partition coefficient (Wildman–Crippen LogP) is 22.8. The van der Waals surface area contributed by atoms with Crippen molar-refractivity contribution in [1.29, 1.82) is 0 Å². The van der Waals surface area contributed by atoms with Crippen LogP contribution in [0.1, 0.15) is 354 Å². The normalized spacial score (nSPS) is 41.4. The van der Waals surface area contributed by atoms with E-state index in [1.54, 1.807) is 5.57 Å². The van der Waals surface area contributed by atoms with Gasteiger partial charge in [-0.25, -0.2) is 0 Å². The van der Waals surface area contributed by atoms with Crippen molar-refractivity contribution in [3.63, 3.8) is 0 Å². The molecule has 11 saturated carbocycles. The zero-order valence-corrected chi connectivity index (χ0v) is 68.0. The molecule has 8 nitrogen and oxygen atoms in total. The molecular formula is C93H157O8-. The van der Waals surface area contributed by atoms with Crippen LogP contribution in [0.5, 0.6) is 0 Å². The quantitative estimate of drug-likeness (QED) is 0.0516. The minimum Gasteiger partial charge on any atom is -0.550 e. The van der Waals surface area contributed by atoms with E-state index in [1.807, 2.05) is 13.8 Å². The Morgan fingerprint density at radius 3 is 1.89 bits per heavy atom. The first-order chi connectivity index (χ1) is 47.6. The van der Waals surface area contributed by atoms with E-state index in [2.05, 4.69) is 127 Å². The van der Waals surface area contributed by atoms with Crippen LogP contribution in [0.4, 0.5) is 0 Å². The number of allylic oxidation sites excluding steroid dienone is 7. The number of aliphatic hydroxyl groups is 4. The summed E-state index contributed by atoms with van der Waals surface area (Å²) < 4.78 is 0. The molecule has 0 aromatic heterocycles. The van der Waals surface area contributed by atoms with Gasteiger partial charge in [0.25, 0.3) is 0 Å². The molecule has 0 amide bonds. The third kappa shape index (κ3) is 18.4. The van der Waals surface area contributed by atoms with Crippen LogP contribution >= 0.6 is 0 Å². The van der Waals surface area contributed by atoms with Crippen molar-refractivity contribution >= 4 is 11.9 Å². The summed E-state index contributed by atoms with van der Waals surface area (Å²) in [6, 6.07) is 0. The van der Waals surface area contributed by atoms with Crippen LogP contribution in [0.3, 0.4) is 0 Å². The Morgan fingerprint density at radius 1 is 0.614 bits per heavy atom. The fourth-order valence-electron chi connectivity index (χ4n) is 26.9. The summed E-state index contributed by atoms with van der Waals surface area (Å²) in [5.74, 6) is 7.82. The number of aliphatic carboxylic acids is 2. The highest BCUT2D eigenvalue weighted by Gasteiger charge is 2.64. The van der Waals surface area contributed by atoms with E-state index in [0.29, 0.717) is 87.3 Å². The van der Waals surface area contributed by atoms with Gasteiger partial charge in [-0.15, -0.1) is 0 Å². The summed E-state index contributed by atoms with van der Waals surface area (Å²) in [6.45, 7) is 44.4. The average molecular weight is 1400 g/mol. The summed E-state index contributed by atoms with van der Waals surface area (Å²) in [6.07, 6.45) is 57.1. The molecule has 0 aliphatic heterocycles. The van der Waals surface area contributed by atoms with E-state index in [-0.39, 0.29) is 17.4 Å². The molecular weight excluding hydrogens is 1250 g/mol. The maximum Gasteiger partial charge on any atom is 0.307 e. The molecule has 578 valence electrons. The Morgan fingerprint density at radius 2 is 1.28 bits per heavy atom. The van der Waals surface area contributed by atoms with Gasteiger partial charge in [0, 0.05) is 31.2 Å². The first-order valence-electron chi connectivity index (χ1n) is 42.9. The van der Waals surface area contributed by atoms with E-state index in [9.17, 15) is 30.0 Å². The monoisotopic (exact) mass is 1400 g/mol. The number of aliphatic hydroxyl groups excluding tert-OH is 4. The number of carboxylic acids is 2. The van der Waals surface area contributed by atoms with Crippen molar-refractivity contribution in [3.8, 4) is 0 Å². The van der Waals surface area contributed by atoms with E-state index in [0.717, 1.165) is 124 Å². The van der Waals surface area contributed by atoms with Gasteiger partial charge < -0.3 is 35.4 Å². The molecule has 11 fully saturated rings. The number of carbonyl (C=O) groups excluding carboxylic acids is 1. The second-order valence-electron chi connectivity index (χ2n) is 40.4. The number of hydrogen-bond donors (Lipinski definition) is 5. The first-order valence-corrected chi connectivity index (χ1v) is 42.9. The van der Waals surface area contributed by atoms with Crippen LogP contribution in [-0.4, -0.2) is 63.4 Å². The maximum atomic E-state index is 11.7. The Kier molecular flexibility index (Phi) is 29.3. The summed E-state index contributed by atoms with van der Waals surface area (Å²) >= 11 is 0. The molecule has 21 atom stereocenters. The van der Waals surface area contributed by atoms with Gasteiger partial charge in [-0.2, -0.15) is 0 Å². The smallest absolute Gasteiger partial charge is 0.307 e. The minimum absolute atomic E-state index is 0.0321. The lowest BCUT2D eigenvalue weighted by Gasteiger charge is -2.62. The largest absolute Gasteiger partial charge is 0.550 e. The Balaban J connectivity index is 0.000000157. The van der Waals surface area contributed by atoms with Crippen molar-refractivity contribution < 1.29 is 40.2 Å². The van der Waals surface area contributed by atoms with Crippen LogP contribution < -0.4 is 5.11 Å². The lowest BCUT2D eigenvalue weighted by Crippen LogP contribution is -2.56. The average Bonchev–Trinajstić information content (AvgIpc) is 1.66. The molecule has 0 radical (unpaired) electrons. The molecule has 1 spiro atoms. The molecule has 14 rings (SSSR count). The second-order valence-corrected chi connectivity index (χ2v) is 40.4. The van der Waals surface area contributed by atoms with Gasteiger partial charge in [0.2, 0.25) is 0 Å². The molecule has 0 aromatic rings. The third-order valence-electron chi connectivity index (χ3n) is 33.2. The molecule has 0 saturated heterocycles. The van der Waals surface area contributed by atoms with Gasteiger partial charge in [-0.1, -0.05) is 220 Å². The van der Waals surface area contributed by atoms with E-state index in [4.69, 9.17) is 10.2 Å². The standard InChI is InChI=1S/C20H32O3.C20H30O2.C16H28.C14H24O.C12H26O.C11H18O/c1-19-9-7-13(21)11-12(19)3-4-14-15-5-6-17(18(22)23)20(15,2)10-8-16(14)19;1-13-10-20-7-6-15-12-18(2,17(21)22)8-9-19(15,3)16(20)5-4-14(13)11-20;1-6-13-12(2)8-9-14-15(3,4)10-7-11-16(13,14)5;1-11(2)7-8-13-12(10-15)6-5-9-14(13,3)4;1-2-3-4-5-6-7-8-9-10-11-12-13;1-11(2)9-4-3-8(5-6-12)10(11)7-9/h12-17,21H,3-11H2,1-2H3,(H,22,23);14-16H,1,4-12H2,2-3H3,(H,21,22);8,13-14H,6-7,9-11H2,1-5H3;7-8,12-13,15H,1,5-6,9-10H2,2-4H3;13H,2-12H2,1H3;3,9-10,12H,4-7H2,1-2H3/p-1/b;;;8-7+;;/t;;;;;9-,10-/m.....1/s1. The van der Waals surface area contributed by atoms with E-state index in [1.165, 1.54) is 191 Å². The molecule has 0 heterocycles. The van der Waals surface area contributed by atoms with Crippen molar-refractivity contribution in [3.05, 3.63) is 59.8 Å². The van der Waals surface area contributed by atoms with E-state index < -0.39 is 17.4 Å². The SMILES string of the molecule is C=C(C)/C=C/C1C(CO)CCCC1(C)C.C=C1CC23CCC4CC(C)(C(=O)[O-])CCC4(C)C2CCC1C3.CC1(C)[C@@H]2CC=C(CCO)[C@H]1C2.CC12CCC(O)CC1CCC1C2CCC2(C)C(C(=O)O)CCC12.CCC1C(C)=CCC2C(C)(C)CCCC12C.CCCCCCCCCCCCO. The first kappa shape index (κ1) is 84.1. The number of rotatable bonds is 18. The highest BCUT2D eigenvalue weighted by atomic mass is 16.4. The summed E-state index contributed by atoms with van der Waals surface area (Å²) in [5.41, 5.74) is 8.46. The van der Waals surface area contributed by atoms with Crippen LogP contribution in [0, 0.1) is 132 Å². The zero-order valence-electron chi connectivity index (χ0n) is 68.0. The van der Waals surface area contributed by atoms with Gasteiger partial charge >= 0.3 is 5.97 Å². The van der Waals surface area contributed by atoms with Crippen molar-refractivity contribution in [2.75, 3.05) is 19.8 Å². The van der Waals surface area contributed by atoms with Crippen LogP contribution in [0.25, 0.3) is 0 Å². The summed E-state index contributed by atoms with van der Waals surface area (Å²) in [7, 11) is 0. The number of fused-ring (bicyclic) bond motifs is 10. The van der Waals surface area contributed by atoms with Crippen molar-refractivity contribution in [2.45, 2.75) is 360 Å². The Bertz CT molecular complexity index is 2790. The molecule has 0 aromatic carbocycles. The van der Waals surface area contributed by atoms with Crippen molar-refractivity contribution in [2.24, 2.45) is 132 Å². The Labute approximate surface area is 620 Å². The van der Waals surface area contributed by atoms with Gasteiger partial charge in [-0.3, -0.25) is 4.79 Å². The van der Waals surface area contributed by atoms with Gasteiger partial charge in [-0.05, 0) is 314 Å². The van der Waals surface area contributed by atoms with E-state index >= 15 is 0 Å².